The average Bonchev–Trinajstić information content (AvgIpc) is 2.88. The Morgan fingerprint density at radius 3 is 2.89 bits per heavy atom. The Hall–Kier alpha value is -0.580. The van der Waals surface area contributed by atoms with E-state index in [9.17, 15) is 0 Å². The Balaban J connectivity index is 0.00000133. The molecule has 0 aromatic carbocycles. The van der Waals surface area contributed by atoms with E-state index in [1.54, 1.807) is 0 Å². The van der Waals surface area contributed by atoms with Gasteiger partial charge < -0.3 is 5.32 Å². The summed E-state index contributed by atoms with van der Waals surface area (Å²) in [4.78, 5) is 2.59. The third kappa shape index (κ3) is 3.30. The highest BCUT2D eigenvalue weighted by Crippen LogP contribution is 2.21. The molecule has 2 aliphatic rings. The van der Waals surface area contributed by atoms with Crippen LogP contribution in [-0.2, 0) is 6.54 Å². The number of hydrogen-bond acceptors (Lipinski definition) is 3. The summed E-state index contributed by atoms with van der Waals surface area (Å²) in [6, 6.07) is 4.11. The van der Waals surface area contributed by atoms with Crippen LogP contribution >= 0.6 is 12.4 Å². The molecule has 4 nitrogen and oxygen atoms in total. The summed E-state index contributed by atoms with van der Waals surface area (Å²) >= 11 is 0. The van der Waals surface area contributed by atoms with Crippen molar-refractivity contribution in [2.75, 3.05) is 13.1 Å². The zero-order valence-corrected chi connectivity index (χ0v) is 12.7. The lowest BCUT2D eigenvalue weighted by atomic mass is 10.1. The molecular weight excluding hydrogens is 260 g/mol. The molecule has 2 saturated heterocycles. The van der Waals surface area contributed by atoms with Gasteiger partial charge in [-0.1, -0.05) is 0 Å². The molecule has 1 N–H and O–H groups in total. The molecule has 2 aliphatic heterocycles. The van der Waals surface area contributed by atoms with Crippen LogP contribution < -0.4 is 5.32 Å². The van der Waals surface area contributed by atoms with E-state index in [-0.39, 0.29) is 12.4 Å². The predicted molar refractivity (Wildman–Crippen MR) is 79.7 cm³/mol. The van der Waals surface area contributed by atoms with Crippen molar-refractivity contribution >= 4 is 12.4 Å². The molecule has 108 valence electrons. The van der Waals surface area contributed by atoms with Gasteiger partial charge in [-0.05, 0) is 39.2 Å². The number of hydrogen-bond donors (Lipinski definition) is 1. The number of fused-ring (bicyclic) bond motifs is 2. The predicted octanol–water partition coefficient (Wildman–Crippen LogP) is 2.21. The van der Waals surface area contributed by atoms with Gasteiger partial charge in [-0.15, -0.1) is 12.4 Å². The van der Waals surface area contributed by atoms with Crippen LogP contribution in [0, 0.1) is 0 Å². The van der Waals surface area contributed by atoms with Gasteiger partial charge in [0.25, 0.3) is 0 Å². The second-order valence-corrected chi connectivity index (χ2v) is 6.02. The van der Waals surface area contributed by atoms with Crippen molar-refractivity contribution in [3.8, 4) is 0 Å². The molecular formula is C14H25ClN4. The van der Waals surface area contributed by atoms with Crippen LogP contribution in [-0.4, -0.2) is 39.9 Å². The van der Waals surface area contributed by atoms with Crippen LogP contribution in [0.3, 0.4) is 0 Å². The molecule has 0 saturated carbocycles. The summed E-state index contributed by atoms with van der Waals surface area (Å²) in [6.45, 7) is 7.85. The minimum atomic E-state index is 0. The van der Waals surface area contributed by atoms with Gasteiger partial charge in [-0.2, -0.15) is 5.10 Å². The van der Waals surface area contributed by atoms with Crippen LogP contribution in [0.15, 0.2) is 12.3 Å². The lowest BCUT2D eigenvalue weighted by Gasteiger charge is -2.24. The molecule has 0 spiro atoms. The molecule has 2 bridgehead atoms. The molecule has 2 atom stereocenters. The second kappa shape index (κ2) is 6.25. The first kappa shape index (κ1) is 14.8. The van der Waals surface area contributed by atoms with Crippen molar-refractivity contribution in [2.24, 2.45) is 0 Å². The smallest absolute Gasteiger partial charge is 0.0527 e. The van der Waals surface area contributed by atoms with E-state index in [0.717, 1.165) is 12.6 Å². The maximum atomic E-state index is 4.43. The van der Waals surface area contributed by atoms with Crippen molar-refractivity contribution in [1.29, 1.82) is 0 Å². The Labute approximate surface area is 122 Å². The van der Waals surface area contributed by atoms with Crippen molar-refractivity contribution in [2.45, 2.75) is 57.8 Å². The molecule has 1 aromatic rings. The quantitative estimate of drug-likeness (QED) is 0.924. The molecule has 3 rings (SSSR count). The van der Waals surface area contributed by atoms with Gasteiger partial charge in [0.1, 0.15) is 0 Å². The summed E-state index contributed by atoms with van der Waals surface area (Å²) in [5.74, 6) is 0. The Morgan fingerprint density at radius 1 is 1.32 bits per heavy atom. The summed E-state index contributed by atoms with van der Waals surface area (Å²) in [5.41, 5.74) is 1.35. The van der Waals surface area contributed by atoms with E-state index in [4.69, 9.17) is 0 Å². The van der Waals surface area contributed by atoms with E-state index in [0.29, 0.717) is 12.1 Å². The summed E-state index contributed by atoms with van der Waals surface area (Å²) in [5, 5.41) is 8.16. The van der Waals surface area contributed by atoms with Gasteiger partial charge in [0.05, 0.1) is 5.69 Å². The van der Waals surface area contributed by atoms with E-state index in [1.807, 2.05) is 6.20 Å². The first-order valence-corrected chi connectivity index (χ1v) is 7.23. The second-order valence-electron chi connectivity index (χ2n) is 6.02. The van der Waals surface area contributed by atoms with Crippen LogP contribution in [0.25, 0.3) is 0 Å². The number of nitrogens with zero attached hydrogens (tertiary/aromatic N) is 3. The van der Waals surface area contributed by atoms with Gasteiger partial charge >= 0.3 is 0 Å². The van der Waals surface area contributed by atoms with Gasteiger partial charge in [-0.3, -0.25) is 9.58 Å². The molecule has 2 unspecified atom stereocenters. The van der Waals surface area contributed by atoms with Crippen molar-refractivity contribution in [3.63, 3.8) is 0 Å². The monoisotopic (exact) mass is 284 g/mol. The van der Waals surface area contributed by atoms with Crippen LogP contribution in [0.5, 0.6) is 0 Å². The van der Waals surface area contributed by atoms with E-state index >= 15 is 0 Å². The molecule has 1 aromatic heterocycles. The number of halogens is 1. The highest BCUT2D eigenvalue weighted by molar-refractivity contribution is 5.85. The highest BCUT2D eigenvalue weighted by atomic mass is 35.5. The van der Waals surface area contributed by atoms with Gasteiger partial charge in [0, 0.05) is 44.0 Å². The first-order valence-electron chi connectivity index (χ1n) is 7.23. The normalized spacial score (nSPS) is 27.3. The zero-order chi connectivity index (χ0) is 12.5. The fraction of sp³-hybridized carbons (Fsp3) is 0.786. The Kier molecular flexibility index (Phi) is 4.87. The molecule has 5 heteroatoms. The van der Waals surface area contributed by atoms with Crippen molar-refractivity contribution in [1.82, 2.24) is 20.0 Å². The van der Waals surface area contributed by atoms with Crippen molar-refractivity contribution < 1.29 is 0 Å². The van der Waals surface area contributed by atoms with E-state index in [1.165, 1.54) is 38.0 Å². The average molecular weight is 285 g/mol. The molecule has 3 heterocycles. The lowest BCUT2D eigenvalue weighted by Crippen LogP contribution is -2.35. The summed E-state index contributed by atoms with van der Waals surface area (Å²) in [6.07, 6.45) is 5.96. The van der Waals surface area contributed by atoms with Crippen molar-refractivity contribution in [3.05, 3.63) is 18.0 Å². The lowest BCUT2D eigenvalue weighted by molar-refractivity contribution is 0.241. The molecule has 19 heavy (non-hydrogen) atoms. The maximum Gasteiger partial charge on any atom is 0.0527 e. The Morgan fingerprint density at radius 2 is 2.11 bits per heavy atom. The van der Waals surface area contributed by atoms with Gasteiger partial charge in [0.2, 0.25) is 0 Å². The standard InChI is InChI=1S/C14H24N4.ClH/c1-11(2)18-14(5-7-15-18)10-17-8-6-12-3-4-13(9-17)16-12;/h5,7,11-13,16H,3-4,6,8-10H2,1-2H3;1H. The molecule has 0 radical (unpaired) electrons. The van der Waals surface area contributed by atoms with Crippen LogP contribution in [0.1, 0.15) is 44.8 Å². The topological polar surface area (TPSA) is 33.1 Å². The number of nitrogens with one attached hydrogen (secondary N) is 1. The number of rotatable bonds is 3. The third-order valence-corrected chi connectivity index (χ3v) is 4.23. The minimum Gasteiger partial charge on any atom is -0.310 e. The Bertz CT molecular complexity index is 404. The molecule has 0 amide bonds. The SMILES string of the molecule is CC(C)n1nccc1CN1CCC2CCC(C1)N2.Cl. The summed E-state index contributed by atoms with van der Waals surface area (Å²) in [7, 11) is 0. The van der Waals surface area contributed by atoms with Gasteiger partial charge in [0.15, 0.2) is 0 Å². The van der Waals surface area contributed by atoms with E-state index in [2.05, 4.69) is 39.9 Å². The largest absolute Gasteiger partial charge is 0.310 e. The zero-order valence-electron chi connectivity index (χ0n) is 11.9. The number of aromatic nitrogens is 2. The fourth-order valence-electron chi connectivity index (χ4n) is 3.32. The number of likely N-dealkylation sites (tertiary alicyclic amines) is 1. The first-order chi connectivity index (χ1) is 8.72. The van der Waals surface area contributed by atoms with Gasteiger partial charge in [-0.25, -0.2) is 0 Å². The summed E-state index contributed by atoms with van der Waals surface area (Å²) < 4.78 is 2.15. The third-order valence-electron chi connectivity index (χ3n) is 4.23. The van der Waals surface area contributed by atoms with Crippen LogP contribution in [0.4, 0.5) is 0 Å². The minimum absolute atomic E-state index is 0. The van der Waals surface area contributed by atoms with Crippen LogP contribution in [0.2, 0.25) is 0 Å². The van der Waals surface area contributed by atoms with E-state index < -0.39 is 0 Å². The highest BCUT2D eigenvalue weighted by Gasteiger charge is 2.29. The fourth-order valence-corrected chi connectivity index (χ4v) is 3.32. The molecule has 0 aliphatic carbocycles. The molecule has 2 fully saturated rings. The maximum absolute atomic E-state index is 4.43.